The highest BCUT2D eigenvalue weighted by Crippen LogP contribution is 2.29. The van der Waals surface area contributed by atoms with E-state index in [2.05, 4.69) is 15.2 Å². The zero-order valence-electron chi connectivity index (χ0n) is 17.7. The summed E-state index contributed by atoms with van der Waals surface area (Å²) in [5, 5.41) is 15.4. The van der Waals surface area contributed by atoms with Crippen LogP contribution in [0, 0.1) is 24.0 Å². The number of nitrogens with one attached hydrogen (secondary N) is 2. The summed E-state index contributed by atoms with van der Waals surface area (Å²) in [5.41, 5.74) is 5.63. The fourth-order valence-corrected chi connectivity index (χ4v) is 4.11. The fraction of sp³-hybridized carbons (Fsp3) is 0.136. The number of nitrogens with zero attached hydrogens (tertiary/aromatic N) is 2. The lowest BCUT2D eigenvalue weighted by Gasteiger charge is -2.12. The zero-order valence-corrected chi connectivity index (χ0v) is 18.5. The average molecular weight is 455 g/mol. The van der Waals surface area contributed by atoms with E-state index >= 15 is 0 Å². The van der Waals surface area contributed by atoms with Gasteiger partial charge >= 0.3 is 0 Å². The van der Waals surface area contributed by atoms with Crippen molar-refractivity contribution in [3.63, 3.8) is 0 Å². The number of hydrogen-bond acceptors (Lipinski definition) is 7. The predicted octanol–water partition coefficient (Wildman–Crippen LogP) is 4.47. The van der Waals surface area contributed by atoms with Gasteiger partial charge in [0.05, 0.1) is 23.9 Å². The molecule has 10 heteroatoms. The number of rotatable bonds is 8. The maximum Gasteiger partial charge on any atom is 0.270 e. The molecule has 0 heterocycles. The highest BCUT2D eigenvalue weighted by atomic mass is 32.2. The van der Waals surface area contributed by atoms with Crippen LogP contribution in [0.4, 0.5) is 17.1 Å². The second kappa shape index (κ2) is 9.48. The van der Waals surface area contributed by atoms with Crippen LogP contribution in [-0.2, 0) is 10.0 Å². The van der Waals surface area contributed by atoms with Gasteiger partial charge in [0.2, 0.25) is 0 Å². The maximum atomic E-state index is 13.0. The van der Waals surface area contributed by atoms with Crippen LogP contribution in [-0.4, -0.2) is 26.7 Å². The molecule has 0 unspecified atom stereocenters. The highest BCUT2D eigenvalue weighted by molar-refractivity contribution is 7.92. The summed E-state index contributed by atoms with van der Waals surface area (Å²) in [5.74, 6) is 0.562. The van der Waals surface area contributed by atoms with Crippen molar-refractivity contribution in [1.29, 1.82) is 0 Å². The molecule has 0 bridgehead atoms. The Bertz CT molecular complexity index is 1270. The molecular formula is C22H22N4O5S. The van der Waals surface area contributed by atoms with Gasteiger partial charge in [-0.2, -0.15) is 5.10 Å². The molecule has 3 rings (SSSR count). The number of anilines is 2. The number of sulfonamides is 1. The highest BCUT2D eigenvalue weighted by Gasteiger charge is 2.22. The summed E-state index contributed by atoms with van der Waals surface area (Å²) in [6, 6.07) is 15.6. The smallest absolute Gasteiger partial charge is 0.270 e. The molecule has 3 aromatic rings. The van der Waals surface area contributed by atoms with Crippen molar-refractivity contribution in [2.24, 2.45) is 5.10 Å². The zero-order chi connectivity index (χ0) is 23.3. The van der Waals surface area contributed by atoms with Gasteiger partial charge in [0, 0.05) is 17.8 Å². The second-order valence-corrected chi connectivity index (χ2v) is 8.65. The number of non-ortho nitro benzene ring substituents is 1. The molecule has 0 saturated carbocycles. The number of methoxy groups -OCH3 is 1. The first-order valence-electron chi connectivity index (χ1n) is 9.51. The Hall–Kier alpha value is -3.92. The quantitative estimate of drug-likeness (QED) is 0.294. The Morgan fingerprint density at radius 1 is 1.03 bits per heavy atom. The minimum atomic E-state index is -4.16. The van der Waals surface area contributed by atoms with Crippen molar-refractivity contribution in [2.45, 2.75) is 18.7 Å². The number of nitro groups is 1. The third kappa shape index (κ3) is 5.41. The van der Waals surface area contributed by atoms with Crippen molar-refractivity contribution in [3.8, 4) is 5.75 Å². The largest absolute Gasteiger partial charge is 0.497 e. The molecule has 0 saturated heterocycles. The summed E-state index contributed by atoms with van der Waals surface area (Å²) in [6.45, 7) is 3.89. The molecule has 3 aromatic carbocycles. The molecule has 0 radical (unpaired) electrons. The van der Waals surface area contributed by atoms with Crippen LogP contribution in [0.3, 0.4) is 0 Å². The van der Waals surface area contributed by atoms with Gasteiger partial charge in [-0.1, -0.05) is 23.8 Å². The first-order valence-corrected chi connectivity index (χ1v) is 11.0. The molecule has 0 spiro atoms. The first kappa shape index (κ1) is 22.8. The number of aryl methyl sites for hydroxylation is 2. The van der Waals surface area contributed by atoms with Crippen LogP contribution in [0.2, 0.25) is 0 Å². The Balaban J connectivity index is 1.93. The second-order valence-electron chi connectivity index (χ2n) is 7.00. The Morgan fingerprint density at radius 3 is 2.41 bits per heavy atom. The van der Waals surface area contributed by atoms with Crippen LogP contribution < -0.4 is 14.9 Å². The first-order chi connectivity index (χ1) is 15.2. The minimum absolute atomic E-state index is 0.0955. The van der Waals surface area contributed by atoms with Gasteiger partial charge in [-0.05, 0) is 55.3 Å². The Labute approximate surface area is 185 Å². The van der Waals surface area contributed by atoms with Gasteiger partial charge in [0.15, 0.2) is 0 Å². The molecule has 0 amide bonds. The Kier molecular flexibility index (Phi) is 6.74. The van der Waals surface area contributed by atoms with Crippen LogP contribution >= 0.6 is 0 Å². The lowest BCUT2D eigenvalue weighted by atomic mass is 10.1. The fourth-order valence-electron chi connectivity index (χ4n) is 2.88. The molecule has 32 heavy (non-hydrogen) atoms. The summed E-state index contributed by atoms with van der Waals surface area (Å²) < 4.78 is 33.5. The average Bonchev–Trinajstić information content (AvgIpc) is 2.76. The van der Waals surface area contributed by atoms with Crippen molar-refractivity contribution in [2.75, 3.05) is 17.3 Å². The molecule has 166 valence electrons. The van der Waals surface area contributed by atoms with Crippen LogP contribution in [0.25, 0.3) is 0 Å². The summed E-state index contributed by atoms with van der Waals surface area (Å²) in [6.07, 6.45) is 1.57. The topological polar surface area (TPSA) is 123 Å². The van der Waals surface area contributed by atoms with Gasteiger partial charge in [-0.25, -0.2) is 8.42 Å². The molecule has 0 aliphatic heterocycles. The molecule has 9 nitrogen and oxygen atoms in total. The van der Waals surface area contributed by atoms with E-state index in [-0.39, 0.29) is 22.0 Å². The maximum absolute atomic E-state index is 13.0. The molecule has 0 atom stereocenters. The monoisotopic (exact) mass is 454 g/mol. The van der Waals surface area contributed by atoms with E-state index in [0.717, 1.165) is 22.8 Å². The van der Waals surface area contributed by atoms with Crippen molar-refractivity contribution in [3.05, 3.63) is 87.5 Å². The summed E-state index contributed by atoms with van der Waals surface area (Å²) in [4.78, 5) is 10.3. The van der Waals surface area contributed by atoms with Gasteiger partial charge in [0.1, 0.15) is 10.6 Å². The van der Waals surface area contributed by atoms with Gasteiger partial charge in [-0.15, -0.1) is 0 Å². The van der Waals surface area contributed by atoms with E-state index in [1.807, 2.05) is 32.0 Å². The van der Waals surface area contributed by atoms with E-state index in [1.54, 1.807) is 18.3 Å². The van der Waals surface area contributed by atoms with E-state index in [4.69, 9.17) is 4.74 Å². The summed E-state index contributed by atoms with van der Waals surface area (Å²) in [7, 11) is -2.66. The minimum Gasteiger partial charge on any atom is -0.497 e. The van der Waals surface area contributed by atoms with Crippen LogP contribution in [0.1, 0.15) is 16.7 Å². The molecule has 0 aliphatic carbocycles. The Morgan fingerprint density at radius 2 is 1.75 bits per heavy atom. The molecule has 0 fully saturated rings. The van der Waals surface area contributed by atoms with E-state index in [0.29, 0.717) is 5.75 Å². The standard InChI is InChI=1S/C22H22N4O5S/c1-15-4-5-16(2)17(12-15)14-23-24-21-11-8-19(26(27)28)13-22(21)32(29,30)25-18-6-9-20(31-3)10-7-18/h4-14,24-25H,1-3H3. The number of hydrogen-bond donors (Lipinski definition) is 2. The SMILES string of the molecule is COc1ccc(NS(=O)(=O)c2cc([N+](=O)[O-])ccc2NN=Cc2cc(C)ccc2C)cc1. The normalized spacial score (nSPS) is 11.3. The van der Waals surface area contributed by atoms with Gasteiger partial charge in [0.25, 0.3) is 15.7 Å². The van der Waals surface area contributed by atoms with Crippen molar-refractivity contribution in [1.82, 2.24) is 0 Å². The lowest BCUT2D eigenvalue weighted by molar-refractivity contribution is -0.385. The van der Waals surface area contributed by atoms with E-state index in [1.165, 1.54) is 31.4 Å². The molecule has 0 aromatic heterocycles. The predicted molar refractivity (Wildman–Crippen MR) is 124 cm³/mol. The molecule has 0 aliphatic rings. The third-order valence-corrected chi connectivity index (χ3v) is 6.05. The van der Waals surface area contributed by atoms with Crippen molar-refractivity contribution >= 4 is 33.3 Å². The van der Waals surface area contributed by atoms with Crippen LogP contribution in [0.15, 0.2) is 70.7 Å². The third-order valence-electron chi connectivity index (χ3n) is 4.63. The van der Waals surface area contributed by atoms with E-state index < -0.39 is 14.9 Å². The summed E-state index contributed by atoms with van der Waals surface area (Å²) >= 11 is 0. The van der Waals surface area contributed by atoms with Gasteiger partial charge < -0.3 is 4.74 Å². The number of benzene rings is 3. The van der Waals surface area contributed by atoms with Gasteiger partial charge in [-0.3, -0.25) is 20.3 Å². The molecule has 2 N–H and O–H groups in total. The van der Waals surface area contributed by atoms with E-state index in [9.17, 15) is 18.5 Å². The number of hydrazone groups is 1. The van der Waals surface area contributed by atoms with Crippen molar-refractivity contribution < 1.29 is 18.1 Å². The number of nitro benzene ring substituents is 1. The van der Waals surface area contributed by atoms with Crippen LogP contribution in [0.5, 0.6) is 5.75 Å². The lowest BCUT2D eigenvalue weighted by Crippen LogP contribution is -2.15. The number of ether oxygens (including phenoxy) is 1. The molecular weight excluding hydrogens is 432 g/mol.